The lowest BCUT2D eigenvalue weighted by Gasteiger charge is -2.38. The molecular formula is C28H31N7. The van der Waals surface area contributed by atoms with Crippen molar-refractivity contribution < 1.29 is 0 Å². The van der Waals surface area contributed by atoms with Crippen LogP contribution in [0.25, 0.3) is 11.8 Å². The third-order valence-corrected chi connectivity index (χ3v) is 6.60. The van der Waals surface area contributed by atoms with Gasteiger partial charge in [-0.05, 0) is 53.1 Å². The number of para-hydroxylation sites is 1. The first kappa shape index (κ1) is 23.1. The van der Waals surface area contributed by atoms with Crippen molar-refractivity contribution in [2.75, 3.05) is 32.7 Å². The fourth-order valence-corrected chi connectivity index (χ4v) is 4.79. The van der Waals surface area contributed by atoms with Gasteiger partial charge >= 0.3 is 0 Å². The van der Waals surface area contributed by atoms with Crippen LogP contribution in [0.1, 0.15) is 34.3 Å². The highest BCUT2D eigenvalue weighted by Crippen LogP contribution is 2.29. The van der Waals surface area contributed by atoms with E-state index in [2.05, 4.69) is 99.9 Å². The number of pyridine rings is 1. The Balaban J connectivity index is 1.37. The van der Waals surface area contributed by atoms with Gasteiger partial charge in [0.25, 0.3) is 0 Å². The lowest BCUT2D eigenvalue weighted by molar-refractivity contribution is 0.112. The van der Waals surface area contributed by atoms with Crippen LogP contribution in [0.3, 0.4) is 0 Å². The molecule has 2 aromatic heterocycles. The van der Waals surface area contributed by atoms with Crippen molar-refractivity contribution in [1.29, 1.82) is 0 Å². The molecule has 0 spiro atoms. The Bertz CT molecular complexity index is 1240. The molecule has 4 aromatic rings. The van der Waals surface area contributed by atoms with E-state index >= 15 is 0 Å². The molecular weight excluding hydrogens is 434 g/mol. The molecule has 5 rings (SSSR count). The summed E-state index contributed by atoms with van der Waals surface area (Å²) in [5.41, 5.74) is 5.53. The lowest BCUT2D eigenvalue weighted by Crippen LogP contribution is -2.48. The minimum atomic E-state index is -0.118. The molecule has 0 unspecified atom stereocenters. The minimum Gasteiger partial charge on any atom is -0.297 e. The molecule has 0 radical (unpaired) electrons. The van der Waals surface area contributed by atoms with Crippen LogP contribution in [0.15, 0.2) is 79.0 Å². The van der Waals surface area contributed by atoms with Crippen molar-refractivity contribution in [3.8, 4) is 5.69 Å². The fourth-order valence-electron chi connectivity index (χ4n) is 4.79. The number of nitrogens with zero attached hydrogens (tertiary/aromatic N) is 7. The summed E-state index contributed by atoms with van der Waals surface area (Å²) in [6.45, 7) is 8.94. The minimum absolute atomic E-state index is 0.118. The summed E-state index contributed by atoms with van der Waals surface area (Å²) >= 11 is 0. The number of hydrogen-bond acceptors (Lipinski definition) is 6. The van der Waals surface area contributed by atoms with Crippen LogP contribution in [0, 0.1) is 13.8 Å². The van der Waals surface area contributed by atoms with Gasteiger partial charge in [-0.2, -0.15) is 4.68 Å². The van der Waals surface area contributed by atoms with Crippen LogP contribution in [0.5, 0.6) is 0 Å². The van der Waals surface area contributed by atoms with E-state index in [4.69, 9.17) is 4.98 Å². The van der Waals surface area contributed by atoms with Crippen LogP contribution in [0.4, 0.5) is 0 Å². The molecule has 1 aliphatic rings. The Kier molecular flexibility index (Phi) is 7.07. The molecule has 0 saturated carbocycles. The van der Waals surface area contributed by atoms with Crippen molar-refractivity contribution in [3.63, 3.8) is 0 Å². The van der Waals surface area contributed by atoms with Crippen molar-refractivity contribution in [2.45, 2.75) is 19.9 Å². The second kappa shape index (κ2) is 10.7. The van der Waals surface area contributed by atoms with Gasteiger partial charge in [0.1, 0.15) is 6.04 Å². The monoisotopic (exact) mass is 465 g/mol. The highest BCUT2D eigenvalue weighted by Gasteiger charge is 2.32. The first-order valence-corrected chi connectivity index (χ1v) is 12.1. The molecule has 0 N–H and O–H groups in total. The number of tetrazole rings is 1. The number of hydrogen-bond donors (Lipinski definition) is 0. The average Bonchev–Trinajstić information content (AvgIpc) is 3.35. The zero-order valence-corrected chi connectivity index (χ0v) is 20.3. The van der Waals surface area contributed by atoms with Crippen LogP contribution >= 0.6 is 0 Å². The van der Waals surface area contributed by atoms with Crippen LogP contribution in [0.2, 0.25) is 0 Å². The van der Waals surface area contributed by atoms with E-state index in [1.165, 1.54) is 5.56 Å². The second-order valence-electron chi connectivity index (χ2n) is 9.00. The molecule has 0 bridgehead atoms. The Labute approximate surface area is 206 Å². The van der Waals surface area contributed by atoms with E-state index in [9.17, 15) is 0 Å². The number of aryl methyl sites for hydroxylation is 2. The highest BCUT2D eigenvalue weighted by atomic mass is 15.6. The van der Waals surface area contributed by atoms with Crippen molar-refractivity contribution in [1.82, 2.24) is 35.0 Å². The smallest absolute Gasteiger partial charge is 0.179 e. The predicted molar refractivity (Wildman–Crippen MR) is 138 cm³/mol. The lowest BCUT2D eigenvalue weighted by atomic mass is 10.1. The Morgan fingerprint density at radius 2 is 1.60 bits per heavy atom. The van der Waals surface area contributed by atoms with E-state index < -0.39 is 0 Å². The molecule has 178 valence electrons. The summed E-state index contributed by atoms with van der Waals surface area (Å²) in [6.07, 6.45) is 6.30. The van der Waals surface area contributed by atoms with Crippen LogP contribution < -0.4 is 0 Å². The van der Waals surface area contributed by atoms with Gasteiger partial charge < -0.3 is 0 Å². The second-order valence-corrected chi connectivity index (χ2v) is 9.00. The zero-order valence-electron chi connectivity index (χ0n) is 20.3. The topological polar surface area (TPSA) is 63.0 Å². The molecule has 7 heteroatoms. The molecule has 1 atom stereocenters. The molecule has 3 heterocycles. The van der Waals surface area contributed by atoms with Gasteiger partial charge in [-0.25, -0.2) is 0 Å². The maximum absolute atomic E-state index is 4.72. The molecule has 0 amide bonds. The third-order valence-electron chi connectivity index (χ3n) is 6.60. The predicted octanol–water partition coefficient (Wildman–Crippen LogP) is 4.09. The summed E-state index contributed by atoms with van der Waals surface area (Å²) in [5.74, 6) is 0.804. The van der Waals surface area contributed by atoms with Gasteiger partial charge in [0, 0.05) is 38.9 Å². The standard InChI is InChI=1S/C28H31N7/c1-22-10-8-11-23(2)26(22)35-28(30-31-32-35)27(25-15-6-7-16-29-25)34-20-18-33(19-21-34)17-9-14-24-12-4-3-5-13-24/h3-16,27H,17-21H2,1-2H3/b14-9+/t27-/m0/s1. The normalized spacial score (nSPS) is 16.1. The van der Waals surface area contributed by atoms with Gasteiger partial charge in [-0.3, -0.25) is 14.8 Å². The van der Waals surface area contributed by atoms with E-state index in [-0.39, 0.29) is 6.04 Å². The molecule has 1 fully saturated rings. The Hall–Kier alpha value is -3.68. The fraction of sp³-hybridized carbons (Fsp3) is 0.286. The Morgan fingerprint density at radius 3 is 2.31 bits per heavy atom. The Morgan fingerprint density at radius 1 is 0.857 bits per heavy atom. The average molecular weight is 466 g/mol. The van der Waals surface area contributed by atoms with Crippen molar-refractivity contribution in [3.05, 3.63) is 107 Å². The summed E-state index contributed by atoms with van der Waals surface area (Å²) < 4.78 is 1.90. The molecule has 1 aliphatic heterocycles. The maximum atomic E-state index is 4.72. The molecule has 35 heavy (non-hydrogen) atoms. The summed E-state index contributed by atoms with van der Waals surface area (Å²) in [5, 5.41) is 13.0. The highest BCUT2D eigenvalue weighted by molar-refractivity contribution is 5.49. The molecule has 0 aliphatic carbocycles. The molecule has 7 nitrogen and oxygen atoms in total. The van der Waals surface area contributed by atoms with Crippen LogP contribution in [-0.2, 0) is 0 Å². The molecule has 2 aromatic carbocycles. The number of rotatable bonds is 7. The van der Waals surface area contributed by atoms with E-state index in [0.29, 0.717) is 0 Å². The van der Waals surface area contributed by atoms with Gasteiger partial charge in [-0.1, -0.05) is 66.7 Å². The molecule has 1 saturated heterocycles. The van der Waals surface area contributed by atoms with E-state index in [1.54, 1.807) is 0 Å². The van der Waals surface area contributed by atoms with Gasteiger partial charge in [0.2, 0.25) is 0 Å². The summed E-state index contributed by atoms with van der Waals surface area (Å²) in [7, 11) is 0. The first-order valence-electron chi connectivity index (χ1n) is 12.1. The van der Waals surface area contributed by atoms with Crippen LogP contribution in [-0.4, -0.2) is 67.7 Å². The number of aromatic nitrogens is 5. The zero-order chi connectivity index (χ0) is 24.0. The number of benzene rings is 2. The maximum Gasteiger partial charge on any atom is 0.179 e. The van der Waals surface area contributed by atoms with Crippen molar-refractivity contribution in [2.24, 2.45) is 0 Å². The third kappa shape index (κ3) is 5.21. The van der Waals surface area contributed by atoms with E-state index in [0.717, 1.165) is 61.1 Å². The van der Waals surface area contributed by atoms with Crippen molar-refractivity contribution >= 4 is 6.08 Å². The first-order chi connectivity index (χ1) is 17.2. The quantitative estimate of drug-likeness (QED) is 0.410. The summed E-state index contributed by atoms with van der Waals surface area (Å²) in [4.78, 5) is 9.66. The van der Waals surface area contributed by atoms with E-state index in [1.807, 2.05) is 29.1 Å². The van der Waals surface area contributed by atoms with Gasteiger partial charge in [-0.15, -0.1) is 5.10 Å². The van der Waals surface area contributed by atoms with Gasteiger partial charge in [0.05, 0.1) is 11.4 Å². The SMILES string of the molecule is Cc1cccc(C)c1-n1nnnc1[C@H](c1ccccn1)N1CCN(C/C=C/c2ccccc2)CC1. The summed E-state index contributed by atoms with van der Waals surface area (Å²) in [6, 6.07) is 22.7. The van der Waals surface area contributed by atoms with Gasteiger partial charge in [0.15, 0.2) is 5.82 Å². The number of piperazine rings is 1. The largest absolute Gasteiger partial charge is 0.297 e.